The lowest BCUT2D eigenvalue weighted by Gasteiger charge is -2.13. The second-order valence-electron chi connectivity index (χ2n) is 4.02. The van der Waals surface area contributed by atoms with Gasteiger partial charge >= 0.3 is 0 Å². The molecule has 1 saturated carbocycles. The molecule has 0 aromatic heterocycles. The van der Waals surface area contributed by atoms with Gasteiger partial charge < -0.3 is 4.74 Å². The molecule has 1 nitrogen and oxygen atoms in total. The van der Waals surface area contributed by atoms with Crippen molar-refractivity contribution in [3.63, 3.8) is 0 Å². The summed E-state index contributed by atoms with van der Waals surface area (Å²) in [4.78, 5) is 0. The number of ether oxygens (including phenoxy) is 1. The second kappa shape index (κ2) is 4.34. The lowest BCUT2D eigenvalue weighted by molar-refractivity contribution is 0.240. The molecule has 0 spiro atoms. The van der Waals surface area contributed by atoms with E-state index in [4.69, 9.17) is 4.74 Å². The molecule has 1 aliphatic rings. The second-order valence-corrected chi connectivity index (χ2v) is 5.25. The zero-order valence-electron chi connectivity index (χ0n) is 8.17. The van der Waals surface area contributed by atoms with E-state index >= 15 is 0 Å². The van der Waals surface area contributed by atoms with Gasteiger partial charge in [0.15, 0.2) is 11.6 Å². The van der Waals surface area contributed by atoms with Gasteiger partial charge in [0.25, 0.3) is 0 Å². The van der Waals surface area contributed by atoms with Crippen LogP contribution < -0.4 is 4.74 Å². The summed E-state index contributed by atoms with van der Waals surface area (Å²) >= 11 is 7.48. The Kier molecular flexibility index (Phi) is 3.26. The van der Waals surface area contributed by atoms with Gasteiger partial charge in [-0.3, -0.25) is 0 Å². The van der Waals surface area contributed by atoms with Gasteiger partial charge in [-0.15, -0.1) is 0 Å². The Bertz CT molecular complexity index is 366. The van der Waals surface area contributed by atoms with Crippen LogP contribution in [-0.2, 0) is 0 Å². The molecule has 82 valence electrons. The van der Waals surface area contributed by atoms with Crippen molar-refractivity contribution in [2.75, 3.05) is 12.4 Å². The van der Waals surface area contributed by atoms with Gasteiger partial charge in [-0.2, -0.15) is 12.6 Å². The highest BCUT2D eigenvalue weighted by atomic mass is 79.9. The van der Waals surface area contributed by atoms with E-state index in [9.17, 15) is 4.39 Å². The first kappa shape index (κ1) is 11.3. The standard InChI is InChI=1S/C11H12BrFOS/c12-8-1-2-10(9(13)5-8)14-6-11(7-15)3-4-11/h1-2,5,15H,3-4,6-7H2. The molecule has 0 saturated heterocycles. The molecule has 2 rings (SSSR count). The summed E-state index contributed by atoms with van der Waals surface area (Å²) in [7, 11) is 0. The average Bonchev–Trinajstić information content (AvgIpc) is 2.97. The summed E-state index contributed by atoms with van der Waals surface area (Å²) in [6, 6.07) is 4.84. The topological polar surface area (TPSA) is 9.23 Å². The molecule has 1 fully saturated rings. The summed E-state index contributed by atoms with van der Waals surface area (Å²) in [6.07, 6.45) is 2.27. The molecule has 15 heavy (non-hydrogen) atoms. The van der Waals surface area contributed by atoms with Crippen LogP contribution in [0, 0.1) is 11.2 Å². The summed E-state index contributed by atoms with van der Waals surface area (Å²) in [5, 5.41) is 0. The molecule has 0 N–H and O–H groups in total. The molecule has 0 heterocycles. The third kappa shape index (κ3) is 2.67. The van der Waals surface area contributed by atoms with Crippen molar-refractivity contribution in [3.05, 3.63) is 28.5 Å². The fourth-order valence-electron chi connectivity index (χ4n) is 1.35. The van der Waals surface area contributed by atoms with Gasteiger partial charge in [-0.1, -0.05) is 15.9 Å². The Balaban J connectivity index is 1.99. The molecular weight excluding hydrogens is 279 g/mol. The van der Waals surface area contributed by atoms with Gasteiger partial charge in [0.2, 0.25) is 0 Å². The first-order chi connectivity index (χ1) is 7.15. The van der Waals surface area contributed by atoms with Crippen LogP contribution in [0.3, 0.4) is 0 Å². The van der Waals surface area contributed by atoms with E-state index in [-0.39, 0.29) is 11.2 Å². The molecule has 1 aromatic carbocycles. The molecule has 1 aromatic rings. The van der Waals surface area contributed by atoms with Gasteiger partial charge in [-0.05, 0) is 36.8 Å². The van der Waals surface area contributed by atoms with Gasteiger partial charge in [0, 0.05) is 9.89 Å². The number of halogens is 2. The van der Waals surface area contributed by atoms with E-state index in [1.165, 1.54) is 6.07 Å². The number of hydrogen-bond donors (Lipinski definition) is 1. The first-order valence-electron chi connectivity index (χ1n) is 4.84. The third-order valence-electron chi connectivity index (χ3n) is 2.72. The maximum atomic E-state index is 13.4. The molecule has 0 amide bonds. The van der Waals surface area contributed by atoms with Crippen molar-refractivity contribution in [1.82, 2.24) is 0 Å². The largest absolute Gasteiger partial charge is 0.490 e. The predicted molar refractivity (Wildman–Crippen MR) is 65.1 cm³/mol. The van der Waals surface area contributed by atoms with Crippen LogP contribution in [0.2, 0.25) is 0 Å². The number of thiol groups is 1. The van der Waals surface area contributed by atoms with E-state index in [0.717, 1.165) is 23.1 Å². The fourth-order valence-corrected chi connectivity index (χ4v) is 2.09. The molecular formula is C11H12BrFOS. The van der Waals surface area contributed by atoms with E-state index in [1.807, 2.05) is 0 Å². The Morgan fingerprint density at radius 2 is 2.20 bits per heavy atom. The van der Waals surface area contributed by atoms with E-state index in [0.29, 0.717) is 12.4 Å². The molecule has 0 bridgehead atoms. The van der Waals surface area contributed by atoms with Crippen LogP contribution in [0.4, 0.5) is 4.39 Å². The van der Waals surface area contributed by atoms with Crippen molar-refractivity contribution >= 4 is 28.6 Å². The van der Waals surface area contributed by atoms with Crippen molar-refractivity contribution < 1.29 is 9.13 Å². The fraction of sp³-hybridized carbons (Fsp3) is 0.455. The van der Waals surface area contributed by atoms with Crippen molar-refractivity contribution in [1.29, 1.82) is 0 Å². The number of benzene rings is 1. The minimum Gasteiger partial charge on any atom is -0.490 e. The Morgan fingerprint density at radius 1 is 1.47 bits per heavy atom. The lowest BCUT2D eigenvalue weighted by Crippen LogP contribution is -2.15. The van der Waals surface area contributed by atoms with Crippen LogP contribution in [0.15, 0.2) is 22.7 Å². The smallest absolute Gasteiger partial charge is 0.166 e. The molecule has 0 radical (unpaired) electrons. The number of hydrogen-bond acceptors (Lipinski definition) is 2. The van der Waals surface area contributed by atoms with Gasteiger partial charge in [-0.25, -0.2) is 4.39 Å². The van der Waals surface area contributed by atoms with E-state index in [1.54, 1.807) is 12.1 Å². The molecule has 4 heteroatoms. The van der Waals surface area contributed by atoms with Crippen molar-refractivity contribution in [2.24, 2.45) is 5.41 Å². The predicted octanol–water partition coefficient (Wildman–Crippen LogP) is 3.68. The summed E-state index contributed by atoms with van der Waals surface area (Å²) in [6.45, 7) is 0.565. The highest BCUT2D eigenvalue weighted by Gasteiger charge is 2.42. The van der Waals surface area contributed by atoms with Crippen LogP contribution in [0.25, 0.3) is 0 Å². The summed E-state index contributed by atoms with van der Waals surface area (Å²) in [5.74, 6) is 0.816. The highest BCUT2D eigenvalue weighted by Crippen LogP contribution is 2.46. The third-order valence-corrected chi connectivity index (χ3v) is 3.88. The summed E-state index contributed by atoms with van der Waals surface area (Å²) < 4.78 is 19.6. The highest BCUT2D eigenvalue weighted by molar-refractivity contribution is 9.10. The quantitative estimate of drug-likeness (QED) is 0.833. The monoisotopic (exact) mass is 290 g/mol. The normalized spacial score (nSPS) is 17.5. The zero-order valence-corrected chi connectivity index (χ0v) is 10.7. The minimum absolute atomic E-state index is 0.197. The van der Waals surface area contributed by atoms with Crippen molar-refractivity contribution in [3.8, 4) is 5.75 Å². The number of rotatable bonds is 4. The van der Waals surface area contributed by atoms with Crippen LogP contribution in [0.1, 0.15) is 12.8 Å². The minimum atomic E-state index is -0.320. The Hall–Kier alpha value is -0.220. The molecule has 1 aliphatic carbocycles. The van der Waals surface area contributed by atoms with Crippen molar-refractivity contribution in [2.45, 2.75) is 12.8 Å². The SMILES string of the molecule is Fc1cc(Br)ccc1OCC1(CS)CC1. The molecule has 0 aliphatic heterocycles. The Morgan fingerprint density at radius 3 is 2.73 bits per heavy atom. The average molecular weight is 291 g/mol. The van der Waals surface area contributed by atoms with Crippen LogP contribution in [-0.4, -0.2) is 12.4 Å². The summed E-state index contributed by atoms with van der Waals surface area (Å²) in [5.41, 5.74) is 0.197. The molecule has 0 unspecified atom stereocenters. The van der Waals surface area contributed by atoms with Gasteiger partial charge in [0.1, 0.15) is 0 Å². The van der Waals surface area contributed by atoms with Crippen LogP contribution >= 0.6 is 28.6 Å². The van der Waals surface area contributed by atoms with Gasteiger partial charge in [0.05, 0.1) is 6.61 Å². The lowest BCUT2D eigenvalue weighted by atomic mass is 10.2. The zero-order chi connectivity index (χ0) is 10.9. The Labute approximate surface area is 103 Å². The van der Waals surface area contributed by atoms with Crippen LogP contribution in [0.5, 0.6) is 5.75 Å². The van der Waals surface area contributed by atoms with E-state index < -0.39 is 0 Å². The maximum Gasteiger partial charge on any atom is 0.166 e. The first-order valence-corrected chi connectivity index (χ1v) is 6.26. The molecule has 0 atom stereocenters. The van der Waals surface area contributed by atoms with E-state index in [2.05, 4.69) is 28.6 Å². The maximum absolute atomic E-state index is 13.4.